The van der Waals surface area contributed by atoms with E-state index in [9.17, 15) is 8.42 Å². The molecule has 4 aromatic rings. The maximum Gasteiger partial charge on any atom is 0.242 e. The summed E-state index contributed by atoms with van der Waals surface area (Å²) < 4.78 is 26.9. The third kappa shape index (κ3) is 4.09. The van der Waals surface area contributed by atoms with Gasteiger partial charge >= 0.3 is 0 Å². The van der Waals surface area contributed by atoms with Crippen LogP contribution in [-0.4, -0.2) is 39.2 Å². The summed E-state index contributed by atoms with van der Waals surface area (Å²) in [6.45, 7) is 1.74. The lowest BCUT2D eigenvalue weighted by molar-refractivity contribution is 0.607. The minimum atomic E-state index is -3.34. The molecule has 0 aliphatic carbocycles. The molecule has 0 bridgehead atoms. The van der Waals surface area contributed by atoms with Gasteiger partial charge in [0.25, 0.3) is 0 Å². The Balaban J connectivity index is 1.76. The number of hydrogen-bond donors (Lipinski definition) is 3. The summed E-state index contributed by atoms with van der Waals surface area (Å²) in [6, 6.07) is 14.4. The molecule has 0 aliphatic rings. The molecule has 2 aromatic heterocycles. The van der Waals surface area contributed by atoms with Crippen molar-refractivity contribution in [2.24, 2.45) is 0 Å². The van der Waals surface area contributed by atoms with Gasteiger partial charge < -0.3 is 11.1 Å². The number of aromatic nitrogens is 5. The number of imidazole rings is 1. The Kier molecular flexibility index (Phi) is 4.51. The zero-order valence-corrected chi connectivity index (χ0v) is 16.5. The van der Waals surface area contributed by atoms with Crippen molar-refractivity contribution in [2.75, 3.05) is 22.0 Å². The predicted molar refractivity (Wildman–Crippen MR) is 112 cm³/mol. The fraction of sp³-hybridized carbons (Fsp3) is 0.111. The van der Waals surface area contributed by atoms with Gasteiger partial charge in [-0.1, -0.05) is 12.1 Å². The fourth-order valence-electron chi connectivity index (χ4n) is 2.87. The summed E-state index contributed by atoms with van der Waals surface area (Å²) in [6.07, 6.45) is 1.10. The molecular formula is C18H18N8O2S. The van der Waals surface area contributed by atoms with Gasteiger partial charge in [0.1, 0.15) is 5.82 Å². The van der Waals surface area contributed by atoms with Crippen LogP contribution in [0.3, 0.4) is 0 Å². The summed E-state index contributed by atoms with van der Waals surface area (Å²) in [7, 11) is -3.34. The van der Waals surface area contributed by atoms with Crippen molar-refractivity contribution in [3.63, 3.8) is 0 Å². The molecule has 29 heavy (non-hydrogen) atoms. The second-order valence-electron chi connectivity index (χ2n) is 6.38. The summed E-state index contributed by atoms with van der Waals surface area (Å²) >= 11 is 0. The van der Waals surface area contributed by atoms with Crippen molar-refractivity contribution in [2.45, 2.75) is 6.92 Å². The molecule has 0 saturated heterocycles. The molecule has 0 unspecified atom stereocenters. The summed E-state index contributed by atoms with van der Waals surface area (Å²) in [5.74, 6) is 1.45. The van der Waals surface area contributed by atoms with Crippen LogP contribution >= 0.6 is 0 Å². The molecule has 148 valence electrons. The van der Waals surface area contributed by atoms with E-state index in [4.69, 9.17) is 5.73 Å². The summed E-state index contributed by atoms with van der Waals surface area (Å²) in [5.41, 5.74) is 8.53. The number of aryl methyl sites for hydroxylation is 1. The number of anilines is 4. The Morgan fingerprint density at radius 1 is 0.931 bits per heavy atom. The Morgan fingerprint density at radius 3 is 2.31 bits per heavy atom. The van der Waals surface area contributed by atoms with Gasteiger partial charge in [-0.25, -0.2) is 18.0 Å². The standard InChI is InChI=1S/C18H18N8O2S/c1-11-20-16(19)24-17(21-11)26-15-6-4-3-5-14(15)23-18(26)22-12-7-9-13(10-8-12)25-29(2,27)28/h3-10,25H,1-2H3,(H,22,23)(H2,19,20,21,24). The van der Waals surface area contributed by atoms with Crippen LogP contribution in [0.2, 0.25) is 0 Å². The first-order chi connectivity index (χ1) is 13.8. The predicted octanol–water partition coefficient (Wildman–Crippen LogP) is 2.22. The number of sulfonamides is 1. The number of nitrogen functional groups attached to an aromatic ring is 1. The molecule has 4 N–H and O–H groups in total. The van der Waals surface area contributed by atoms with Crippen LogP contribution in [0.1, 0.15) is 5.82 Å². The van der Waals surface area contributed by atoms with E-state index >= 15 is 0 Å². The van der Waals surface area contributed by atoms with E-state index in [-0.39, 0.29) is 5.95 Å². The van der Waals surface area contributed by atoms with Crippen molar-refractivity contribution in [3.05, 3.63) is 54.4 Å². The van der Waals surface area contributed by atoms with E-state index in [2.05, 4.69) is 30.0 Å². The van der Waals surface area contributed by atoms with Gasteiger partial charge in [0.05, 0.1) is 17.3 Å². The third-order valence-electron chi connectivity index (χ3n) is 3.96. The molecule has 10 nitrogen and oxygen atoms in total. The van der Waals surface area contributed by atoms with Gasteiger partial charge in [0, 0.05) is 11.4 Å². The van der Waals surface area contributed by atoms with Crippen LogP contribution in [0.25, 0.3) is 17.0 Å². The van der Waals surface area contributed by atoms with Gasteiger partial charge in [0.2, 0.25) is 27.9 Å². The van der Waals surface area contributed by atoms with Crippen LogP contribution in [0, 0.1) is 6.92 Å². The Bertz CT molecular complexity index is 1280. The molecule has 4 rings (SSSR count). The fourth-order valence-corrected chi connectivity index (χ4v) is 3.43. The molecule has 2 heterocycles. The van der Waals surface area contributed by atoms with Crippen LogP contribution in [0.5, 0.6) is 0 Å². The van der Waals surface area contributed by atoms with Crippen molar-refractivity contribution in [1.82, 2.24) is 24.5 Å². The van der Waals surface area contributed by atoms with Crippen molar-refractivity contribution >= 4 is 44.3 Å². The zero-order chi connectivity index (χ0) is 20.6. The Hall–Kier alpha value is -3.73. The Morgan fingerprint density at radius 2 is 1.62 bits per heavy atom. The quantitative estimate of drug-likeness (QED) is 0.455. The highest BCUT2D eigenvalue weighted by atomic mass is 32.2. The van der Waals surface area contributed by atoms with Crippen LogP contribution in [0.15, 0.2) is 48.5 Å². The van der Waals surface area contributed by atoms with Crippen LogP contribution in [-0.2, 0) is 10.0 Å². The van der Waals surface area contributed by atoms with E-state index in [1.807, 2.05) is 24.3 Å². The second-order valence-corrected chi connectivity index (χ2v) is 8.13. The number of fused-ring (bicyclic) bond motifs is 1. The van der Waals surface area contributed by atoms with Gasteiger partial charge in [-0.15, -0.1) is 0 Å². The second kappa shape index (κ2) is 7.02. The molecule has 2 aromatic carbocycles. The first-order valence-electron chi connectivity index (χ1n) is 8.59. The smallest absolute Gasteiger partial charge is 0.242 e. The minimum Gasteiger partial charge on any atom is -0.368 e. The topological polar surface area (TPSA) is 141 Å². The molecule has 0 aliphatic heterocycles. The maximum atomic E-state index is 11.4. The molecule has 0 fully saturated rings. The lowest BCUT2D eigenvalue weighted by Gasteiger charge is -2.11. The summed E-state index contributed by atoms with van der Waals surface area (Å²) in [4.78, 5) is 17.3. The van der Waals surface area contributed by atoms with Crippen LogP contribution in [0.4, 0.5) is 23.3 Å². The molecule has 0 radical (unpaired) electrons. The first kappa shape index (κ1) is 18.6. The maximum absolute atomic E-state index is 11.4. The number of nitrogens with two attached hydrogens (primary N) is 1. The highest BCUT2D eigenvalue weighted by molar-refractivity contribution is 7.92. The normalized spacial score (nSPS) is 11.5. The Labute approximate surface area is 166 Å². The minimum absolute atomic E-state index is 0.118. The van der Waals surface area contributed by atoms with E-state index in [1.54, 1.807) is 35.8 Å². The number of nitrogens with zero attached hydrogens (tertiary/aromatic N) is 5. The van der Waals surface area contributed by atoms with E-state index in [1.165, 1.54) is 0 Å². The molecule has 0 saturated carbocycles. The van der Waals surface area contributed by atoms with Gasteiger partial charge in [-0.05, 0) is 43.3 Å². The third-order valence-corrected chi connectivity index (χ3v) is 4.56. The molecule has 0 atom stereocenters. The van der Waals surface area contributed by atoms with Crippen molar-refractivity contribution < 1.29 is 8.42 Å². The lowest BCUT2D eigenvalue weighted by Crippen LogP contribution is -2.10. The first-order valence-corrected chi connectivity index (χ1v) is 10.5. The molecule has 0 amide bonds. The number of nitrogens with one attached hydrogen (secondary N) is 2. The SMILES string of the molecule is Cc1nc(N)nc(-n2c(Nc3ccc(NS(C)(=O)=O)cc3)nc3ccccc32)n1. The van der Waals surface area contributed by atoms with Crippen LogP contribution < -0.4 is 15.8 Å². The lowest BCUT2D eigenvalue weighted by atomic mass is 10.3. The molecule has 0 spiro atoms. The zero-order valence-electron chi connectivity index (χ0n) is 15.7. The highest BCUT2D eigenvalue weighted by Gasteiger charge is 2.16. The van der Waals surface area contributed by atoms with Crippen molar-refractivity contribution in [3.8, 4) is 5.95 Å². The number of benzene rings is 2. The summed E-state index contributed by atoms with van der Waals surface area (Å²) in [5, 5.41) is 3.22. The van der Waals surface area contributed by atoms with E-state index < -0.39 is 10.0 Å². The number of hydrogen-bond acceptors (Lipinski definition) is 8. The molecule has 11 heteroatoms. The monoisotopic (exact) mass is 410 g/mol. The van der Waals surface area contributed by atoms with Crippen molar-refractivity contribution in [1.29, 1.82) is 0 Å². The van der Waals surface area contributed by atoms with E-state index in [0.29, 0.717) is 29.1 Å². The molecular weight excluding hydrogens is 392 g/mol. The average molecular weight is 410 g/mol. The number of para-hydroxylation sites is 2. The van der Waals surface area contributed by atoms with Gasteiger partial charge in [-0.3, -0.25) is 4.72 Å². The average Bonchev–Trinajstić information content (AvgIpc) is 2.99. The largest absolute Gasteiger partial charge is 0.368 e. The van der Waals surface area contributed by atoms with Gasteiger partial charge in [0.15, 0.2) is 0 Å². The van der Waals surface area contributed by atoms with E-state index in [0.717, 1.165) is 17.3 Å². The number of rotatable bonds is 5. The highest BCUT2D eigenvalue weighted by Crippen LogP contribution is 2.26. The van der Waals surface area contributed by atoms with Gasteiger partial charge in [-0.2, -0.15) is 15.0 Å².